The normalized spacial score (nSPS) is 12.0. The minimum absolute atomic E-state index is 0.165. The molecule has 5 heteroatoms. The maximum atomic E-state index is 12.6. The second-order valence-corrected chi connectivity index (χ2v) is 5.76. The Hall–Kier alpha value is -3.08. The number of rotatable bonds is 5. The molecule has 3 N–H and O–H groups in total. The van der Waals surface area contributed by atoms with Crippen LogP contribution in [0.5, 0.6) is 0 Å². The molecule has 1 amide bonds. The summed E-state index contributed by atoms with van der Waals surface area (Å²) in [5.41, 5.74) is 3.13. The van der Waals surface area contributed by atoms with E-state index in [1.54, 1.807) is 12.1 Å². The molecule has 0 saturated heterocycles. The fourth-order valence-electron chi connectivity index (χ4n) is 2.82. The summed E-state index contributed by atoms with van der Waals surface area (Å²) >= 11 is 0. The molecule has 3 aromatic rings. The van der Waals surface area contributed by atoms with Crippen molar-refractivity contribution in [3.05, 3.63) is 71.4 Å². The summed E-state index contributed by atoms with van der Waals surface area (Å²) in [6, 6.07) is 14.2. The number of aromatic amines is 1. The number of carboxylic acids is 1. The third-order valence-corrected chi connectivity index (χ3v) is 4.07. The van der Waals surface area contributed by atoms with E-state index in [4.69, 9.17) is 0 Å². The van der Waals surface area contributed by atoms with Crippen LogP contribution in [0.1, 0.15) is 33.9 Å². The van der Waals surface area contributed by atoms with E-state index in [2.05, 4.69) is 10.3 Å². The number of aromatic nitrogens is 1. The molecule has 0 aliphatic heterocycles. The summed E-state index contributed by atoms with van der Waals surface area (Å²) in [6.45, 7) is 1.90. The SMILES string of the molecule is Cc1ccccc1C(CC(=O)O)NC(=O)c1ccc2cc[nH]c2c1. The molecule has 1 atom stereocenters. The Balaban J connectivity index is 1.87. The third-order valence-electron chi connectivity index (χ3n) is 4.07. The molecule has 0 aliphatic carbocycles. The van der Waals surface area contributed by atoms with Crippen LogP contribution in [0.3, 0.4) is 0 Å². The highest BCUT2D eigenvalue weighted by Gasteiger charge is 2.20. The van der Waals surface area contributed by atoms with Gasteiger partial charge in [0.2, 0.25) is 0 Å². The Morgan fingerprint density at radius 2 is 1.96 bits per heavy atom. The van der Waals surface area contributed by atoms with Crippen molar-refractivity contribution in [1.82, 2.24) is 10.3 Å². The lowest BCUT2D eigenvalue weighted by Gasteiger charge is -2.19. The van der Waals surface area contributed by atoms with Crippen LogP contribution < -0.4 is 5.32 Å². The van der Waals surface area contributed by atoms with Gasteiger partial charge in [-0.25, -0.2) is 0 Å². The van der Waals surface area contributed by atoms with Crippen molar-refractivity contribution in [2.24, 2.45) is 0 Å². The van der Waals surface area contributed by atoms with Crippen molar-refractivity contribution < 1.29 is 14.7 Å². The Kier molecular flexibility index (Phi) is 4.33. The number of aliphatic carboxylic acids is 1. The van der Waals surface area contributed by atoms with E-state index in [-0.39, 0.29) is 12.3 Å². The number of benzene rings is 2. The smallest absolute Gasteiger partial charge is 0.305 e. The van der Waals surface area contributed by atoms with Crippen LogP contribution in [-0.2, 0) is 4.79 Å². The van der Waals surface area contributed by atoms with Gasteiger partial charge in [-0.15, -0.1) is 0 Å². The maximum absolute atomic E-state index is 12.6. The van der Waals surface area contributed by atoms with Crippen molar-refractivity contribution in [1.29, 1.82) is 0 Å². The number of carbonyl (C=O) groups excluding carboxylic acids is 1. The molecule has 3 rings (SSSR count). The second-order valence-electron chi connectivity index (χ2n) is 5.76. The van der Waals surface area contributed by atoms with Gasteiger partial charge < -0.3 is 15.4 Å². The molecular weight excluding hydrogens is 304 g/mol. The zero-order chi connectivity index (χ0) is 17.1. The maximum Gasteiger partial charge on any atom is 0.305 e. The average Bonchev–Trinajstić information content (AvgIpc) is 3.01. The van der Waals surface area contributed by atoms with Crippen LogP contribution in [0, 0.1) is 6.92 Å². The largest absolute Gasteiger partial charge is 0.481 e. The van der Waals surface area contributed by atoms with Crippen molar-refractivity contribution in [2.45, 2.75) is 19.4 Å². The van der Waals surface area contributed by atoms with Crippen LogP contribution in [0.4, 0.5) is 0 Å². The van der Waals surface area contributed by atoms with E-state index in [1.807, 2.05) is 49.5 Å². The highest BCUT2D eigenvalue weighted by Crippen LogP contribution is 2.22. The van der Waals surface area contributed by atoms with Gasteiger partial charge in [0.05, 0.1) is 12.5 Å². The average molecular weight is 322 g/mol. The highest BCUT2D eigenvalue weighted by molar-refractivity contribution is 5.98. The summed E-state index contributed by atoms with van der Waals surface area (Å²) in [5, 5.41) is 13.0. The van der Waals surface area contributed by atoms with Crippen molar-refractivity contribution in [3.63, 3.8) is 0 Å². The van der Waals surface area contributed by atoms with Crippen LogP contribution in [0.25, 0.3) is 10.9 Å². The summed E-state index contributed by atoms with van der Waals surface area (Å²) in [7, 11) is 0. The van der Waals surface area contributed by atoms with Gasteiger partial charge >= 0.3 is 5.97 Å². The van der Waals surface area contributed by atoms with Gasteiger partial charge in [-0.05, 0) is 41.6 Å². The predicted molar refractivity (Wildman–Crippen MR) is 91.9 cm³/mol. The fourth-order valence-corrected chi connectivity index (χ4v) is 2.82. The standard InChI is InChI=1S/C19H18N2O3/c1-12-4-2-3-5-15(12)17(11-18(22)23)21-19(24)14-7-6-13-8-9-20-16(13)10-14/h2-10,17,20H,11H2,1H3,(H,21,24)(H,22,23). The molecule has 0 saturated carbocycles. The minimum atomic E-state index is -0.955. The lowest BCUT2D eigenvalue weighted by atomic mass is 9.98. The number of hydrogen-bond donors (Lipinski definition) is 3. The molecule has 0 bridgehead atoms. The molecule has 0 fully saturated rings. The number of carboxylic acid groups (broad SMARTS) is 1. The molecule has 1 heterocycles. The molecule has 24 heavy (non-hydrogen) atoms. The Morgan fingerprint density at radius 3 is 2.71 bits per heavy atom. The van der Waals surface area contributed by atoms with Gasteiger partial charge in [-0.3, -0.25) is 9.59 Å². The summed E-state index contributed by atoms with van der Waals surface area (Å²) in [4.78, 5) is 26.8. The van der Waals surface area contributed by atoms with Crippen LogP contribution in [-0.4, -0.2) is 22.0 Å². The minimum Gasteiger partial charge on any atom is -0.481 e. The number of amides is 1. The molecule has 122 valence electrons. The number of nitrogens with one attached hydrogen (secondary N) is 2. The zero-order valence-corrected chi connectivity index (χ0v) is 13.2. The quantitative estimate of drug-likeness (QED) is 0.673. The molecular formula is C19H18N2O3. The third kappa shape index (κ3) is 3.30. The predicted octanol–water partition coefficient (Wildman–Crippen LogP) is 3.42. The monoisotopic (exact) mass is 322 g/mol. The van der Waals surface area contributed by atoms with E-state index in [9.17, 15) is 14.7 Å². The Bertz CT molecular complexity index is 898. The van der Waals surface area contributed by atoms with Gasteiger partial charge in [-0.1, -0.05) is 30.3 Å². The summed E-state index contributed by atoms with van der Waals surface area (Å²) in [6.07, 6.45) is 1.65. The number of aryl methyl sites for hydroxylation is 1. The van der Waals surface area contributed by atoms with E-state index >= 15 is 0 Å². The first-order valence-corrected chi connectivity index (χ1v) is 7.70. The van der Waals surface area contributed by atoms with Gasteiger partial charge in [0.1, 0.15) is 0 Å². The number of H-pyrrole nitrogens is 1. The first kappa shape index (κ1) is 15.8. The first-order valence-electron chi connectivity index (χ1n) is 7.70. The van der Waals surface area contributed by atoms with Gasteiger partial charge in [-0.2, -0.15) is 0 Å². The van der Waals surface area contributed by atoms with Crippen molar-refractivity contribution >= 4 is 22.8 Å². The van der Waals surface area contributed by atoms with Crippen molar-refractivity contribution in [3.8, 4) is 0 Å². The number of carbonyl (C=O) groups is 2. The topological polar surface area (TPSA) is 82.2 Å². The number of fused-ring (bicyclic) bond motifs is 1. The van der Waals surface area contributed by atoms with E-state index in [0.29, 0.717) is 5.56 Å². The van der Waals surface area contributed by atoms with Crippen LogP contribution in [0.2, 0.25) is 0 Å². The van der Waals surface area contributed by atoms with Gasteiger partial charge in [0.15, 0.2) is 0 Å². The van der Waals surface area contributed by atoms with Gasteiger partial charge in [0, 0.05) is 17.3 Å². The molecule has 0 spiro atoms. The second kappa shape index (κ2) is 6.58. The number of hydrogen-bond acceptors (Lipinski definition) is 2. The van der Waals surface area contributed by atoms with E-state index in [0.717, 1.165) is 22.0 Å². The Morgan fingerprint density at radius 1 is 1.17 bits per heavy atom. The molecule has 0 radical (unpaired) electrons. The van der Waals surface area contributed by atoms with Crippen LogP contribution >= 0.6 is 0 Å². The lowest BCUT2D eigenvalue weighted by Crippen LogP contribution is -2.30. The highest BCUT2D eigenvalue weighted by atomic mass is 16.4. The first-order chi connectivity index (χ1) is 11.5. The summed E-state index contributed by atoms with van der Waals surface area (Å²) < 4.78 is 0. The lowest BCUT2D eigenvalue weighted by molar-refractivity contribution is -0.137. The summed E-state index contributed by atoms with van der Waals surface area (Å²) in [5.74, 6) is -1.25. The zero-order valence-electron chi connectivity index (χ0n) is 13.2. The molecule has 5 nitrogen and oxygen atoms in total. The fraction of sp³-hybridized carbons (Fsp3) is 0.158. The molecule has 2 aromatic carbocycles. The van der Waals surface area contributed by atoms with Crippen LogP contribution in [0.15, 0.2) is 54.7 Å². The molecule has 0 aliphatic rings. The molecule has 1 unspecified atom stereocenters. The van der Waals surface area contributed by atoms with E-state index in [1.165, 1.54) is 0 Å². The van der Waals surface area contributed by atoms with E-state index < -0.39 is 12.0 Å². The van der Waals surface area contributed by atoms with Crippen molar-refractivity contribution in [2.75, 3.05) is 0 Å². The van der Waals surface area contributed by atoms with Gasteiger partial charge in [0.25, 0.3) is 5.91 Å². The Labute approximate surface area is 139 Å². The molecule has 1 aromatic heterocycles.